The Hall–Kier alpha value is -0.570. The zero-order chi connectivity index (χ0) is 13.1. The number of carbonyl (C=O) groups is 1. The second-order valence-corrected chi connectivity index (χ2v) is 6.32. The van der Waals surface area contributed by atoms with Crippen molar-refractivity contribution in [3.8, 4) is 0 Å². The highest BCUT2D eigenvalue weighted by molar-refractivity contribution is 5.78. The number of amides is 1. The lowest BCUT2D eigenvalue weighted by Crippen LogP contribution is -2.43. The standard InChI is InChI=1S/C14H28N2O/c1-11(7-10-15)13(17)16(4)12-5-8-14(2,3)9-6-12/h11-12H,5-10,15H2,1-4H3. The molecule has 0 aliphatic heterocycles. The molecule has 1 unspecified atom stereocenters. The van der Waals surface area contributed by atoms with Gasteiger partial charge in [0.25, 0.3) is 0 Å². The molecular formula is C14H28N2O. The summed E-state index contributed by atoms with van der Waals surface area (Å²) in [7, 11) is 1.96. The SMILES string of the molecule is CC(CCN)C(=O)N(C)C1CCC(C)(C)CC1. The van der Waals surface area contributed by atoms with E-state index < -0.39 is 0 Å². The van der Waals surface area contributed by atoms with Gasteiger partial charge in [0.1, 0.15) is 0 Å². The Kier molecular flexibility index (Phi) is 4.99. The Morgan fingerprint density at radius 2 is 1.94 bits per heavy atom. The van der Waals surface area contributed by atoms with Crippen LogP contribution in [0.2, 0.25) is 0 Å². The van der Waals surface area contributed by atoms with Gasteiger partial charge < -0.3 is 10.6 Å². The molecule has 17 heavy (non-hydrogen) atoms. The molecule has 3 heteroatoms. The fourth-order valence-corrected chi connectivity index (χ4v) is 2.67. The van der Waals surface area contributed by atoms with Crippen molar-refractivity contribution < 1.29 is 4.79 Å². The third kappa shape index (κ3) is 3.98. The highest BCUT2D eigenvalue weighted by Crippen LogP contribution is 2.36. The largest absolute Gasteiger partial charge is 0.343 e. The summed E-state index contributed by atoms with van der Waals surface area (Å²) in [6, 6.07) is 0.441. The van der Waals surface area contributed by atoms with Crippen molar-refractivity contribution in [1.82, 2.24) is 4.90 Å². The highest BCUT2D eigenvalue weighted by atomic mass is 16.2. The topological polar surface area (TPSA) is 46.3 Å². The molecule has 0 radical (unpaired) electrons. The third-order valence-corrected chi connectivity index (χ3v) is 4.23. The Balaban J connectivity index is 2.48. The number of nitrogens with two attached hydrogens (primary N) is 1. The van der Waals surface area contributed by atoms with Gasteiger partial charge in [-0.1, -0.05) is 20.8 Å². The maximum absolute atomic E-state index is 12.2. The molecule has 1 rings (SSSR count). The summed E-state index contributed by atoms with van der Waals surface area (Å²) < 4.78 is 0. The van der Waals surface area contributed by atoms with E-state index in [-0.39, 0.29) is 11.8 Å². The first-order valence-corrected chi connectivity index (χ1v) is 6.84. The summed E-state index contributed by atoms with van der Waals surface area (Å²) in [5, 5.41) is 0. The van der Waals surface area contributed by atoms with Gasteiger partial charge in [-0.2, -0.15) is 0 Å². The van der Waals surface area contributed by atoms with Crippen molar-refractivity contribution in [3.05, 3.63) is 0 Å². The third-order valence-electron chi connectivity index (χ3n) is 4.23. The van der Waals surface area contributed by atoms with Gasteiger partial charge in [-0.3, -0.25) is 4.79 Å². The van der Waals surface area contributed by atoms with Crippen LogP contribution in [0.5, 0.6) is 0 Å². The second kappa shape index (κ2) is 5.85. The van der Waals surface area contributed by atoms with Crippen molar-refractivity contribution in [3.63, 3.8) is 0 Å². The quantitative estimate of drug-likeness (QED) is 0.820. The summed E-state index contributed by atoms with van der Waals surface area (Å²) in [6.45, 7) is 7.22. The van der Waals surface area contributed by atoms with Gasteiger partial charge in [0.2, 0.25) is 5.91 Å². The van der Waals surface area contributed by atoms with E-state index in [1.54, 1.807) is 0 Å². The van der Waals surface area contributed by atoms with Crippen LogP contribution in [-0.4, -0.2) is 30.4 Å². The summed E-state index contributed by atoms with van der Waals surface area (Å²) in [4.78, 5) is 14.1. The molecule has 0 bridgehead atoms. The number of nitrogens with zero attached hydrogens (tertiary/aromatic N) is 1. The van der Waals surface area contributed by atoms with Crippen LogP contribution in [0.4, 0.5) is 0 Å². The molecule has 0 heterocycles. The van der Waals surface area contributed by atoms with Crippen molar-refractivity contribution >= 4 is 5.91 Å². The first-order valence-electron chi connectivity index (χ1n) is 6.84. The van der Waals surface area contributed by atoms with Crippen LogP contribution in [-0.2, 0) is 4.79 Å². The Labute approximate surface area is 106 Å². The Bertz CT molecular complexity index is 253. The molecule has 0 aromatic heterocycles. The van der Waals surface area contributed by atoms with E-state index in [0.29, 0.717) is 18.0 Å². The summed E-state index contributed by atoms with van der Waals surface area (Å²) in [6.07, 6.45) is 5.53. The predicted molar refractivity (Wildman–Crippen MR) is 71.6 cm³/mol. The average Bonchev–Trinajstić information content (AvgIpc) is 2.27. The molecule has 1 aliphatic rings. The van der Waals surface area contributed by atoms with Gasteiger partial charge in [0, 0.05) is 19.0 Å². The number of rotatable bonds is 4. The van der Waals surface area contributed by atoms with E-state index in [9.17, 15) is 4.79 Å². The normalized spacial score (nSPS) is 22.2. The van der Waals surface area contributed by atoms with E-state index in [4.69, 9.17) is 5.73 Å². The minimum Gasteiger partial charge on any atom is -0.343 e. The minimum absolute atomic E-state index is 0.0694. The van der Waals surface area contributed by atoms with Crippen LogP contribution < -0.4 is 5.73 Å². The van der Waals surface area contributed by atoms with E-state index in [1.165, 1.54) is 12.8 Å². The minimum atomic E-state index is 0.0694. The van der Waals surface area contributed by atoms with Crippen LogP contribution in [0.15, 0.2) is 0 Å². The molecule has 0 saturated heterocycles. The van der Waals surface area contributed by atoms with Crippen LogP contribution in [0.1, 0.15) is 52.9 Å². The van der Waals surface area contributed by atoms with Gasteiger partial charge in [0.15, 0.2) is 0 Å². The van der Waals surface area contributed by atoms with Crippen molar-refractivity contribution in [2.24, 2.45) is 17.1 Å². The molecule has 1 atom stereocenters. The van der Waals surface area contributed by atoms with Crippen LogP contribution >= 0.6 is 0 Å². The molecule has 0 aromatic rings. The van der Waals surface area contributed by atoms with Crippen molar-refractivity contribution in [1.29, 1.82) is 0 Å². The molecule has 2 N–H and O–H groups in total. The van der Waals surface area contributed by atoms with Crippen LogP contribution in [0, 0.1) is 11.3 Å². The second-order valence-electron chi connectivity index (χ2n) is 6.32. The first-order chi connectivity index (χ1) is 7.87. The monoisotopic (exact) mass is 240 g/mol. The molecule has 1 aliphatic carbocycles. The van der Waals surface area contributed by atoms with Crippen LogP contribution in [0.25, 0.3) is 0 Å². The molecule has 3 nitrogen and oxygen atoms in total. The lowest BCUT2D eigenvalue weighted by atomic mass is 9.75. The number of hydrogen-bond acceptors (Lipinski definition) is 2. The lowest BCUT2D eigenvalue weighted by Gasteiger charge is -2.39. The van der Waals surface area contributed by atoms with Gasteiger partial charge in [-0.25, -0.2) is 0 Å². The Morgan fingerprint density at radius 1 is 1.41 bits per heavy atom. The molecule has 1 fully saturated rings. The predicted octanol–water partition coefficient (Wildman–Crippen LogP) is 2.40. The maximum atomic E-state index is 12.2. The molecular weight excluding hydrogens is 212 g/mol. The van der Waals surface area contributed by atoms with E-state index >= 15 is 0 Å². The first kappa shape index (κ1) is 14.5. The molecule has 1 saturated carbocycles. The average molecular weight is 240 g/mol. The molecule has 0 aromatic carbocycles. The van der Waals surface area contributed by atoms with Crippen molar-refractivity contribution in [2.45, 2.75) is 58.9 Å². The van der Waals surface area contributed by atoms with Gasteiger partial charge in [-0.15, -0.1) is 0 Å². The van der Waals surface area contributed by atoms with E-state index in [2.05, 4.69) is 13.8 Å². The highest BCUT2D eigenvalue weighted by Gasteiger charge is 2.31. The smallest absolute Gasteiger partial charge is 0.225 e. The van der Waals surface area contributed by atoms with Gasteiger partial charge >= 0.3 is 0 Å². The van der Waals surface area contributed by atoms with E-state index in [0.717, 1.165) is 19.3 Å². The van der Waals surface area contributed by atoms with Gasteiger partial charge in [0.05, 0.1) is 0 Å². The summed E-state index contributed by atoms with van der Waals surface area (Å²) in [5.74, 6) is 0.333. The zero-order valence-electron chi connectivity index (χ0n) is 11.8. The van der Waals surface area contributed by atoms with E-state index in [1.807, 2.05) is 18.9 Å². The Morgan fingerprint density at radius 3 is 2.41 bits per heavy atom. The van der Waals surface area contributed by atoms with Crippen LogP contribution in [0.3, 0.4) is 0 Å². The molecule has 0 spiro atoms. The zero-order valence-corrected chi connectivity index (χ0v) is 11.8. The number of carbonyl (C=O) groups excluding carboxylic acids is 1. The molecule has 1 amide bonds. The summed E-state index contributed by atoms with van der Waals surface area (Å²) >= 11 is 0. The fraction of sp³-hybridized carbons (Fsp3) is 0.929. The van der Waals surface area contributed by atoms with Crippen molar-refractivity contribution in [2.75, 3.05) is 13.6 Å². The molecule has 100 valence electrons. The maximum Gasteiger partial charge on any atom is 0.225 e. The fourth-order valence-electron chi connectivity index (χ4n) is 2.67. The van der Waals surface area contributed by atoms with Gasteiger partial charge in [-0.05, 0) is 44.1 Å². The number of hydrogen-bond donors (Lipinski definition) is 1. The summed E-state index contributed by atoms with van der Waals surface area (Å²) in [5.41, 5.74) is 5.97. The lowest BCUT2D eigenvalue weighted by molar-refractivity contribution is -0.137.